The summed E-state index contributed by atoms with van der Waals surface area (Å²) in [7, 11) is 0. The molecule has 8 heteroatoms. The lowest BCUT2D eigenvalue weighted by atomic mass is 10.1. The normalized spacial score (nSPS) is 11.5. The van der Waals surface area contributed by atoms with Crippen molar-refractivity contribution < 1.29 is 8.78 Å². The van der Waals surface area contributed by atoms with Crippen LogP contribution in [-0.4, -0.2) is 26.0 Å². The minimum absolute atomic E-state index is 0.125. The van der Waals surface area contributed by atoms with Gasteiger partial charge in [-0.2, -0.15) is 0 Å². The van der Waals surface area contributed by atoms with Crippen LogP contribution < -0.4 is 10.6 Å². The molecule has 0 amide bonds. The highest BCUT2D eigenvalue weighted by Gasteiger charge is 2.24. The van der Waals surface area contributed by atoms with Crippen molar-refractivity contribution in [3.05, 3.63) is 53.9 Å². The zero-order valence-corrected chi connectivity index (χ0v) is 16.2. The Balaban J connectivity index is 1.99. The molecule has 0 fully saturated rings. The Labute approximate surface area is 162 Å². The van der Waals surface area contributed by atoms with E-state index in [1.807, 2.05) is 39.0 Å². The Bertz CT molecular complexity index is 969. The Morgan fingerprint density at radius 2 is 1.71 bits per heavy atom. The van der Waals surface area contributed by atoms with Crippen LogP contribution in [0.3, 0.4) is 0 Å². The molecule has 0 aliphatic rings. The van der Waals surface area contributed by atoms with Gasteiger partial charge in [-0.3, -0.25) is 0 Å². The van der Waals surface area contributed by atoms with E-state index in [0.717, 1.165) is 12.6 Å². The highest BCUT2D eigenvalue weighted by atomic mass is 19.3. The third-order valence-electron chi connectivity index (χ3n) is 3.80. The third-order valence-corrected chi connectivity index (χ3v) is 3.80. The fraction of sp³-hybridized carbons (Fsp3) is 0.300. The van der Waals surface area contributed by atoms with E-state index in [0.29, 0.717) is 23.2 Å². The number of aryl methyl sites for hydroxylation is 1. The van der Waals surface area contributed by atoms with E-state index in [2.05, 4.69) is 30.6 Å². The average Bonchev–Trinajstić information content (AvgIpc) is 2.60. The molecule has 3 rings (SSSR count). The summed E-state index contributed by atoms with van der Waals surface area (Å²) in [5, 5.41) is 6.22. The Hall–Kier alpha value is -3.16. The van der Waals surface area contributed by atoms with Crippen LogP contribution >= 0.6 is 0 Å². The summed E-state index contributed by atoms with van der Waals surface area (Å²) in [4.78, 5) is 17.6. The van der Waals surface area contributed by atoms with E-state index in [1.165, 1.54) is 18.3 Å². The molecule has 0 spiro atoms. The summed E-state index contributed by atoms with van der Waals surface area (Å²) in [6, 6.07) is 10.0. The predicted molar refractivity (Wildman–Crippen MR) is 106 cm³/mol. The molecule has 0 atom stereocenters. The fourth-order valence-corrected chi connectivity index (χ4v) is 2.57. The number of alkyl halides is 2. The van der Waals surface area contributed by atoms with Crippen LogP contribution in [0.5, 0.6) is 0 Å². The van der Waals surface area contributed by atoms with Gasteiger partial charge < -0.3 is 10.6 Å². The van der Waals surface area contributed by atoms with Crippen molar-refractivity contribution in [1.82, 2.24) is 19.9 Å². The van der Waals surface area contributed by atoms with E-state index in [-0.39, 0.29) is 17.4 Å². The number of halogens is 2. The minimum Gasteiger partial charge on any atom is -0.368 e. The second-order valence-corrected chi connectivity index (χ2v) is 6.87. The maximum atomic E-state index is 13.6. The summed E-state index contributed by atoms with van der Waals surface area (Å²) in [6.45, 7) is 6.73. The van der Waals surface area contributed by atoms with Crippen molar-refractivity contribution in [2.45, 2.75) is 39.7 Å². The molecule has 0 saturated carbocycles. The van der Waals surface area contributed by atoms with Gasteiger partial charge in [0.2, 0.25) is 0 Å². The largest absolute Gasteiger partial charge is 0.368 e. The first kappa shape index (κ1) is 19.6. The minimum atomic E-state index is -2.95. The van der Waals surface area contributed by atoms with E-state index >= 15 is 0 Å². The van der Waals surface area contributed by atoms with Crippen molar-refractivity contribution >= 4 is 17.5 Å². The zero-order valence-electron chi connectivity index (χ0n) is 16.2. The second kappa shape index (κ2) is 7.84. The monoisotopic (exact) mass is 384 g/mol. The Morgan fingerprint density at radius 3 is 2.39 bits per heavy atom. The lowest BCUT2D eigenvalue weighted by Gasteiger charge is -2.14. The number of nitrogens with one attached hydrogen (secondary N) is 2. The maximum absolute atomic E-state index is 13.6. The molecule has 0 aliphatic heterocycles. The summed E-state index contributed by atoms with van der Waals surface area (Å²) < 4.78 is 27.2. The summed E-state index contributed by atoms with van der Waals surface area (Å²) in [5.41, 5.74) is 1.34. The summed E-state index contributed by atoms with van der Waals surface area (Å²) in [6.07, 6.45) is 1.34. The number of anilines is 3. The summed E-state index contributed by atoms with van der Waals surface area (Å²) in [5.74, 6) is -1.22. The van der Waals surface area contributed by atoms with E-state index in [1.54, 1.807) is 6.07 Å². The first-order valence-corrected chi connectivity index (χ1v) is 8.92. The van der Waals surface area contributed by atoms with Gasteiger partial charge in [-0.1, -0.05) is 6.07 Å². The molecule has 3 aromatic rings. The van der Waals surface area contributed by atoms with Crippen LogP contribution in [0, 0.1) is 6.92 Å². The maximum Gasteiger partial charge on any atom is 0.270 e. The lowest BCUT2D eigenvalue weighted by molar-refractivity contribution is 0.0174. The zero-order chi connectivity index (χ0) is 20.3. The molecule has 0 aliphatic carbocycles. The molecule has 146 valence electrons. The number of pyridine rings is 2. The molecular formula is C20H22F2N6. The smallest absolute Gasteiger partial charge is 0.270 e. The van der Waals surface area contributed by atoms with Crippen molar-refractivity contribution in [2.75, 3.05) is 10.6 Å². The molecule has 0 unspecified atom stereocenters. The summed E-state index contributed by atoms with van der Waals surface area (Å²) >= 11 is 0. The van der Waals surface area contributed by atoms with Crippen molar-refractivity contribution in [1.29, 1.82) is 0 Å². The van der Waals surface area contributed by atoms with Crippen LogP contribution in [0.15, 0.2) is 42.6 Å². The molecule has 0 bridgehead atoms. The van der Waals surface area contributed by atoms with Crippen LogP contribution in [0.25, 0.3) is 11.5 Å². The number of hydrogen-bond acceptors (Lipinski definition) is 6. The predicted octanol–water partition coefficient (Wildman–Crippen LogP) is 4.92. The number of aromatic nitrogens is 4. The first-order chi connectivity index (χ1) is 13.2. The van der Waals surface area contributed by atoms with Gasteiger partial charge in [-0.15, -0.1) is 0 Å². The van der Waals surface area contributed by atoms with Crippen LogP contribution in [0.4, 0.5) is 26.2 Å². The highest BCUT2D eigenvalue weighted by molar-refractivity contribution is 5.62. The van der Waals surface area contributed by atoms with Gasteiger partial charge in [-0.25, -0.2) is 28.7 Å². The number of nitrogens with zero attached hydrogens (tertiary/aromatic N) is 4. The van der Waals surface area contributed by atoms with Gasteiger partial charge in [0.1, 0.15) is 23.1 Å². The van der Waals surface area contributed by atoms with Gasteiger partial charge in [0.05, 0.1) is 0 Å². The topological polar surface area (TPSA) is 75.6 Å². The van der Waals surface area contributed by atoms with Crippen LogP contribution in [0.2, 0.25) is 0 Å². The van der Waals surface area contributed by atoms with Gasteiger partial charge in [0.15, 0.2) is 5.82 Å². The van der Waals surface area contributed by atoms with Gasteiger partial charge in [-0.05, 0) is 45.0 Å². The Morgan fingerprint density at radius 1 is 0.964 bits per heavy atom. The van der Waals surface area contributed by atoms with Gasteiger partial charge in [0.25, 0.3) is 5.92 Å². The fourth-order valence-electron chi connectivity index (χ4n) is 2.57. The lowest BCUT2D eigenvalue weighted by Crippen LogP contribution is -2.13. The van der Waals surface area contributed by atoms with Gasteiger partial charge in [0, 0.05) is 36.5 Å². The average molecular weight is 384 g/mol. The first-order valence-electron chi connectivity index (χ1n) is 8.92. The molecule has 3 aromatic heterocycles. The molecular weight excluding hydrogens is 362 g/mol. The molecule has 0 radical (unpaired) electrons. The van der Waals surface area contributed by atoms with Crippen molar-refractivity contribution in [3.8, 4) is 11.5 Å². The molecule has 28 heavy (non-hydrogen) atoms. The Kier molecular flexibility index (Phi) is 5.48. The molecule has 3 heterocycles. The van der Waals surface area contributed by atoms with E-state index in [4.69, 9.17) is 0 Å². The number of hydrogen-bond donors (Lipinski definition) is 2. The second-order valence-electron chi connectivity index (χ2n) is 6.87. The van der Waals surface area contributed by atoms with E-state index in [9.17, 15) is 8.78 Å². The quantitative estimate of drug-likeness (QED) is 0.628. The van der Waals surface area contributed by atoms with Crippen molar-refractivity contribution in [2.24, 2.45) is 0 Å². The van der Waals surface area contributed by atoms with Crippen molar-refractivity contribution in [3.63, 3.8) is 0 Å². The SMILES string of the molecule is Cc1cccc(-c2nc(Nc3cc(C(C)(F)F)ccn3)cc(NC(C)C)n2)n1. The highest BCUT2D eigenvalue weighted by Crippen LogP contribution is 2.29. The van der Waals surface area contributed by atoms with Crippen LogP contribution in [0.1, 0.15) is 32.0 Å². The molecule has 2 N–H and O–H groups in total. The van der Waals surface area contributed by atoms with Gasteiger partial charge >= 0.3 is 0 Å². The third kappa shape index (κ3) is 4.97. The molecule has 0 aromatic carbocycles. The number of rotatable bonds is 6. The van der Waals surface area contributed by atoms with Crippen LogP contribution in [-0.2, 0) is 5.92 Å². The molecule has 6 nitrogen and oxygen atoms in total. The van der Waals surface area contributed by atoms with E-state index < -0.39 is 5.92 Å². The molecule has 0 saturated heterocycles. The standard InChI is InChI=1S/C20H22F2N6/c1-12(2)24-17-11-18(26-16-10-14(8-9-23-16)20(4,21)22)28-19(27-17)15-7-5-6-13(3)25-15/h5-12H,1-4H3,(H2,23,24,26,27,28).